The zero-order valence-corrected chi connectivity index (χ0v) is 33.0. The Morgan fingerprint density at radius 1 is 0.839 bits per heavy atom. The highest BCUT2D eigenvalue weighted by molar-refractivity contribution is 6.06. The first-order chi connectivity index (χ1) is 29.0. The first-order valence-corrected chi connectivity index (χ1v) is 19.3. The van der Waals surface area contributed by atoms with Crippen molar-refractivity contribution in [2.24, 2.45) is 5.92 Å². The first kappa shape index (κ1) is 46.6. The van der Waals surface area contributed by atoms with E-state index in [1.807, 2.05) is 26.0 Å². The van der Waals surface area contributed by atoms with Gasteiger partial charge in [-0.25, -0.2) is 34.7 Å². The van der Waals surface area contributed by atoms with Gasteiger partial charge in [-0.15, -0.1) is 13.2 Å². The number of anilines is 2. The van der Waals surface area contributed by atoms with E-state index < -0.39 is 48.4 Å². The molecular formula is C44H54N10O8. The van der Waals surface area contributed by atoms with Crippen molar-refractivity contribution in [3.05, 3.63) is 122 Å². The van der Waals surface area contributed by atoms with Crippen LogP contribution in [0.25, 0.3) is 22.3 Å². The van der Waals surface area contributed by atoms with Gasteiger partial charge in [0.25, 0.3) is 5.91 Å². The summed E-state index contributed by atoms with van der Waals surface area (Å²) >= 11 is 0. The molecule has 0 saturated carbocycles. The molecule has 4 aromatic heterocycles. The molecule has 2 saturated heterocycles. The van der Waals surface area contributed by atoms with Gasteiger partial charge in [-0.3, -0.25) is 13.9 Å². The molecule has 0 bridgehead atoms. The quantitative estimate of drug-likeness (QED) is 0.0761. The summed E-state index contributed by atoms with van der Waals surface area (Å²) in [4.78, 5) is 51.4. The summed E-state index contributed by atoms with van der Waals surface area (Å²) in [6, 6.07) is 17.7. The number of aliphatic hydroxyl groups excluding tert-OH is 2. The maximum absolute atomic E-state index is 13.3. The molecule has 0 aliphatic carbocycles. The molecule has 0 radical (unpaired) electrons. The van der Waals surface area contributed by atoms with Crippen LogP contribution in [0.1, 0.15) is 81.1 Å². The number of carbonyl (C=O) groups excluding carboxylic acids is 2. The molecule has 0 spiro atoms. The van der Waals surface area contributed by atoms with Crippen LogP contribution >= 0.6 is 0 Å². The van der Waals surface area contributed by atoms with Gasteiger partial charge in [0.05, 0.1) is 30.9 Å². The Morgan fingerprint density at radius 3 is 2.02 bits per heavy atom. The van der Waals surface area contributed by atoms with E-state index in [0.29, 0.717) is 39.9 Å². The Bertz CT molecular complexity index is 2480. The van der Waals surface area contributed by atoms with E-state index >= 15 is 0 Å². The highest BCUT2D eigenvalue weighted by Crippen LogP contribution is 2.50. The van der Waals surface area contributed by atoms with E-state index in [1.165, 1.54) is 29.6 Å². The molecule has 328 valence electrons. The number of hydrogen-bond donors (Lipinski definition) is 5. The van der Waals surface area contributed by atoms with Crippen LogP contribution in [0.5, 0.6) is 0 Å². The molecule has 6 heterocycles. The fraction of sp³-hybridized carbons (Fsp3) is 0.364. The molecule has 2 fully saturated rings. The van der Waals surface area contributed by atoms with E-state index in [-0.39, 0.29) is 50.8 Å². The van der Waals surface area contributed by atoms with E-state index in [1.54, 1.807) is 65.5 Å². The zero-order valence-electron chi connectivity index (χ0n) is 33.0. The van der Waals surface area contributed by atoms with Crippen molar-refractivity contribution >= 4 is 45.8 Å². The highest BCUT2D eigenvalue weighted by Gasteiger charge is 2.58. The maximum Gasteiger partial charge on any atom is 0.338 e. The van der Waals surface area contributed by atoms with Gasteiger partial charge in [-0.05, 0) is 30.7 Å². The molecule has 8 rings (SSSR count). The number of hydrogen-bond acceptors (Lipinski definition) is 15. The lowest BCUT2D eigenvalue weighted by Gasteiger charge is -2.36. The Hall–Kier alpha value is -6.44. The van der Waals surface area contributed by atoms with Crippen molar-refractivity contribution < 1.29 is 39.1 Å². The summed E-state index contributed by atoms with van der Waals surface area (Å²) in [7, 11) is 0. The average molecular weight is 851 g/mol. The second-order valence-corrected chi connectivity index (χ2v) is 14.5. The predicted molar refractivity (Wildman–Crippen MR) is 232 cm³/mol. The third-order valence-electron chi connectivity index (χ3n) is 11.0. The molecule has 62 heavy (non-hydrogen) atoms. The second kappa shape index (κ2) is 19.5. The Labute approximate surface area is 359 Å². The number of rotatable bonds is 12. The molecular weight excluding hydrogens is 797 g/mol. The second-order valence-electron chi connectivity index (χ2n) is 14.5. The third-order valence-corrected chi connectivity index (χ3v) is 11.0. The number of esters is 1. The van der Waals surface area contributed by atoms with Crippen molar-refractivity contribution in [1.82, 2.24) is 39.0 Å². The van der Waals surface area contributed by atoms with Crippen LogP contribution in [0.15, 0.2) is 111 Å². The van der Waals surface area contributed by atoms with Crippen LogP contribution in [-0.4, -0.2) is 102 Å². The monoisotopic (exact) mass is 850 g/mol. The number of amides is 1. The Kier molecular flexibility index (Phi) is 14.7. The number of fused-ring (bicyclic) bond motifs is 2. The molecule has 2 unspecified atom stereocenters. The molecule has 8 atom stereocenters. The molecule has 6 N–H and O–H groups in total. The number of nitrogens with one attached hydrogen (secondary N) is 1. The molecule has 6 aromatic rings. The zero-order chi connectivity index (χ0) is 42.6. The number of nitrogens with two attached hydrogens (primary N) is 1. The first-order valence-electron chi connectivity index (χ1n) is 19.3. The average Bonchev–Trinajstić information content (AvgIpc) is 4.02. The largest absolute Gasteiger partial charge is 0.450 e. The number of aromatic nitrogens is 8. The minimum atomic E-state index is -1.66. The number of benzene rings is 2. The lowest BCUT2D eigenvalue weighted by atomic mass is 9.82. The SMILES string of the molecule is C.C.C=CC[C@]1(O)C(n2cnc3c(N)ncnc32)O[C@H](CO)[C@H]1O.C=CC[C@]1(OC(=O)c2ccccc2)C(n2cnc3c(NC(=O)c4ccccc4)ncnc32)O[C@H](CC)[C@H]1C. The van der Waals surface area contributed by atoms with Crippen LogP contribution in [0.4, 0.5) is 11.6 Å². The summed E-state index contributed by atoms with van der Waals surface area (Å²) in [6.07, 6.45) is 5.88. The van der Waals surface area contributed by atoms with Gasteiger partial charge in [0.15, 0.2) is 46.5 Å². The lowest BCUT2D eigenvalue weighted by Crippen LogP contribution is -2.46. The van der Waals surface area contributed by atoms with E-state index in [2.05, 4.69) is 48.4 Å². The molecule has 1 amide bonds. The van der Waals surface area contributed by atoms with Gasteiger partial charge in [-0.1, -0.05) is 77.3 Å². The van der Waals surface area contributed by atoms with E-state index in [4.69, 9.17) is 19.9 Å². The van der Waals surface area contributed by atoms with Gasteiger partial charge in [-0.2, -0.15) is 0 Å². The summed E-state index contributed by atoms with van der Waals surface area (Å²) in [5, 5.41) is 33.2. The van der Waals surface area contributed by atoms with Crippen molar-refractivity contribution in [2.75, 3.05) is 17.7 Å². The lowest BCUT2D eigenvalue weighted by molar-refractivity contribution is -0.105. The van der Waals surface area contributed by atoms with Crippen LogP contribution in [0.3, 0.4) is 0 Å². The van der Waals surface area contributed by atoms with Gasteiger partial charge >= 0.3 is 5.97 Å². The van der Waals surface area contributed by atoms with Crippen molar-refractivity contribution in [2.45, 2.75) is 89.9 Å². The Balaban J connectivity index is 0.000000258. The van der Waals surface area contributed by atoms with E-state index in [0.717, 1.165) is 6.42 Å². The minimum absolute atomic E-state index is 0. The van der Waals surface area contributed by atoms with Crippen molar-refractivity contribution in [3.63, 3.8) is 0 Å². The highest BCUT2D eigenvalue weighted by atomic mass is 16.6. The molecule has 18 heteroatoms. The number of nitrogens with zero attached hydrogens (tertiary/aromatic N) is 8. The molecule has 2 aromatic carbocycles. The summed E-state index contributed by atoms with van der Waals surface area (Å²) < 4.78 is 21.7. The summed E-state index contributed by atoms with van der Waals surface area (Å²) in [5.74, 6) is -0.432. The van der Waals surface area contributed by atoms with Crippen molar-refractivity contribution in [3.8, 4) is 0 Å². The van der Waals surface area contributed by atoms with Crippen LogP contribution in [0.2, 0.25) is 0 Å². The summed E-state index contributed by atoms with van der Waals surface area (Å²) in [6.45, 7) is 11.2. The van der Waals surface area contributed by atoms with E-state index in [9.17, 15) is 24.9 Å². The smallest absolute Gasteiger partial charge is 0.338 e. The van der Waals surface area contributed by atoms with Crippen LogP contribution in [0, 0.1) is 5.92 Å². The number of imidazole rings is 2. The summed E-state index contributed by atoms with van der Waals surface area (Å²) in [5.41, 5.74) is 5.53. The van der Waals surface area contributed by atoms with Gasteiger partial charge < -0.3 is 40.6 Å². The molecule has 2 aliphatic rings. The number of nitrogen functional groups attached to an aromatic ring is 1. The van der Waals surface area contributed by atoms with Crippen LogP contribution in [-0.2, 0) is 14.2 Å². The minimum Gasteiger partial charge on any atom is -0.450 e. The van der Waals surface area contributed by atoms with Crippen molar-refractivity contribution in [1.29, 1.82) is 0 Å². The predicted octanol–water partition coefficient (Wildman–Crippen LogP) is 5.43. The number of aliphatic hydroxyl groups is 3. The normalized spacial score (nSPS) is 25.2. The van der Waals surface area contributed by atoms with Gasteiger partial charge in [0.1, 0.15) is 36.0 Å². The fourth-order valence-electron chi connectivity index (χ4n) is 7.85. The van der Waals surface area contributed by atoms with Gasteiger partial charge in [0.2, 0.25) is 0 Å². The third kappa shape index (κ3) is 8.42. The molecule has 2 aliphatic heterocycles. The Morgan fingerprint density at radius 2 is 1.40 bits per heavy atom. The standard InChI is InChI=1S/C29H29N5O4.C13H17N5O4.2CH4/c1-4-16-29(38-27(36)21-14-10-7-11-15-21)19(3)22(5-2)37-28(29)34-18-32-23-24(30-17-31-25(23)34)33-26(35)20-12-8-6-9-13-20;1-2-3-13(21)9(20)7(4-19)22-12(13)18-6-17-8-10(14)15-5-16-11(8)18;;/h4,6-15,17-19,22,28H,1,5,16H2,2-3H3,(H,30,31,33,35);2,5-7,9,12,19-21H,1,3-4H2,(H2,14,15,16);2*1H4/t19-,22-,28?,29-;7-,9-,12?,13-;;/m11../s1. The topological polar surface area (TPSA) is 248 Å². The fourth-order valence-corrected chi connectivity index (χ4v) is 7.85. The van der Waals surface area contributed by atoms with Crippen LogP contribution < -0.4 is 11.1 Å². The molecule has 18 nitrogen and oxygen atoms in total. The van der Waals surface area contributed by atoms with Gasteiger partial charge in [0, 0.05) is 24.3 Å². The number of carbonyl (C=O) groups is 2. The maximum atomic E-state index is 13.3. The number of ether oxygens (including phenoxy) is 3.